The van der Waals surface area contributed by atoms with Crippen LogP contribution in [0, 0.1) is 19.8 Å². The fourth-order valence-electron chi connectivity index (χ4n) is 3.56. The summed E-state index contributed by atoms with van der Waals surface area (Å²) in [5, 5.41) is 13.8. The molecule has 1 fully saturated rings. The van der Waals surface area contributed by atoms with E-state index >= 15 is 0 Å². The quantitative estimate of drug-likeness (QED) is 0.791. The van der Waals surface area contributed by atoms with Crippen molar-refractivity contribution in [2.75, 3.05) is 38.1 Å². The van der Waals surface area contributed by atoms with Crippen LogP contribution in [0.2, 0.25) is 0 Å². The Hall–Kier alpha value is -1.79. The number of hydrogen-bond acceptors (Lipinski definition) is 6. The summed E-state index contributed by atoms with van der Waals surface area (Å²) in [7, 11) is 0. The van der Waals surface area contributed by atoms with Crippen LogP contribution in [0.15, 0.2) is 12.4 Å². The monoisotopic (exact) mass is 329 g/mol. The van der Waals surface area contributed by atoms with Gasteiger partial charge in [-0.25, -0.2) is 15.0 Å². The Morgan fingerprint density at radius 3 is 3.04 bits per heavy atom. The zero-order chi connectivity index (χ0) is 16.9. The first-order chi connectivity index (χ1) is 11.7. The van der Waals surface area contributed by atoms with Gasteiger partial charge in [-0.2, -0.15) is 0 Å². The predicted octanol–water partition coefficient (Wildman–Crippen LogP) is 2.15. The van der Waals surface area contributed by atoms with Crippen LogP contribution in [-0.2, 0) is 0 Å². The van der Waals surface area contributed by atoms with Gasteiger partial charge in [-0.3, -0.25) is 0 Å². The molecule has 0 radical (unpaired) electrons. The molecule has 3 heterocycles. The van der Waals surface area contributed by atoms with Crippen LogP contribution in [0.1, 0.15) is 30.5 Å². The Bertz CT molecular complexity index is 690. The number of anilines is 1. The van der Waals surface area contributed by atoms with Gasteiger partial charge in [0.2, 0.25) is 0 Å². The van der Waals surface area contributed by atoms with Gasteiger partial charge >= 0.3 is 0 Å². The Morgan fingerprint density at radius 2 is 2.21 bits per heavy atom. The molecule has 6 nitrogen and oxygen atoms in total. The number of likely N-dealkylation sites (tertiary alicyclic amines) is 1. The molecule has 1 unspecified atom stereocenters. The van der Waals surface area contributed by atoms with Crippen molar-refractivity contribution in [2.24, 2.45) is 5.92 Å². The molecule has 1 aliphatic rings. The van der Waals surface area contributed by atoms with Gasteiger partial charge in [-0.05, 0) is 63.7 Å². The van der Waals surface area contributed by atoms with E-state index in [0.29, 0.717) is 12.5 Å². The maximum Gasteiger partial charge on any atom is 0.165 e. The number of aryl methyl sites for hydroxylation is 2. The number of piperidine rings is 1. The van der Waals surface area contributed by atoms with Crippen molar-refractivity contribution < 1.29 is 5.11 Å². The molecule has 0 saturated carbocycles. The third-order valence-corrected chi connectivity index (χ3v) is 4.73. The second kappa shape index (κ2) is 7.85. The summed E-state index contributed by atoms with van der Waals surface area (Å²) in [5.41, 5.74) is 2.89. The van der Waals surface area contributed by atoms with E-state index in [-0.39, 0.29) is 0 Å². The standard InChI is InChI=1S/C18H27N5O/c1-13-9-14(2)22-18-16(13)17(20-12-21-18)19-6-4-8-23-7-3-5-15(10-23)11-24/h9,12,15,24H,3-8,10-11H2,1-2H3,(H,19,20,21,22). The van der Waals surface area contributed by atoms with Crippen LogP contribution < -0.4 is 5.32 Å². The Morgan fingerprint density at radius 1 is 1.33 bits per heavy atom. The normalized spacial score (nSPS) is 18.9. The number of rotatable bonds is 6. The van der Waals surface area contributed by atoms with Gasteiger partial charge in [0.05, 0.1) is 5.39 Å². The number of aliphatic hydroxyl groups is 1. The molecule has 1 atom stereocenters. The molecule has 2 aromatic rings. The largest absolute Gasteiger partial charge is 0.396 e. The number of nitrogens with one attached hydrogen (secondary N) is 1. The fraction of sp³-hybridized carbons (Fsp3) is 0.611. The van der Waals surface area contributed by atoms with E-state index in [0.717, 1.165) is 67.1 Å². The highest BCUT2D eigenvalue weighted by Crippen LogP contribution is 2.22. The van der Waals surface area contributed by atoms with Crippen LogP contribution in [0.5, 0.6) is 0 Å². The van der Waals surface area contributed by atoms with E-state index in [2.05, 4.69) is 38.2 Å². The van der Waals surface area contributed by atoms with Gasteiger partial charge in [-0.15, -0.1) is 0 Å². The molecule has 0 amide bonds. The molecule has 3 rings (SSSR count). The number of fused-ring (bicyclic) bond motifs is 1. The van der Waals surface area contributed by atoms with Crippen molar-refractivity contribution in [1.29, 1.82) is 0 Å². The minimum atomic E-state index is 0.313. The first kappa shape index (κ1) is 17.0. The molecule has 0 bridgehead atoms. The summed E-state index contributed by atoms with van der Waals surface area (Å²) in [4.78, 5) is 15.6. The highest BCUT2D eigenvalue weighted by Gasteiger charge is 2.18. The van der Waals surface area contributed by atoms with Gasteiger partial charge in [0.1, 0.15) is 12.1 Å². The van der Waals surface area contributed by atoms with Crippen LogP contribution in [-0.4, -0.2) is 57.7 Å². The molecule has 1 saturated heterocycles. The SMILES string of the molecule is Cc1cc(C)c2c(NCCCN3CCCC(CO)C3)ncnc2n1. The fourth-order valence-corrected chi connectivity index (χ4v) is 3.56. The van der Waals surface area contributed by atoms with Crippen LogP contribution in [0.4, 0.5) is 5.82 Å². The Kier molecular flexibility index (Phi) is 5.58. The van der Waals surface area contributed by atoms with Crippen molar-refractivity contribution >= 4 is 16.9 Å². The molecular weight excluding hydrogens is 302 g/mol. The first-order valence-electron chi connectivity index (χ1n) is 8.83. The van der Waals surface area contributed by atoms with Gasteiger partial charge in [0, 0.05) is 25.4 Å². The van der Waals surface area contributed by atoms with E-state index < -0.39 is 0 Å². The summed E-state index contributed by atoms with van der Waals surface area (Å²) >= 11 is 0. The highest BCUT2D eigenvalue weighted by molar-refractivity contribution is 5.89. The van der Waals surface area contributed by atoms with E-state index in [1.807, 2.05) is 6.92 Å². The Labute approximate surface area is 143 Å². The van der Waals surface area contributed by atoms with Gasteiger partial charge in [-0.1, -0.05) is 0 Å². The molecule has 1 aliphatic heterocycles. The smallest absolute Gasteiger partial charge is 0.165 e. The van der Waals surface area contributed by atoms with Gasteiger partial charge in [0.25, 0.3) is 0 Å². The summed E-state index contributed by atoms with van der Waals surface area (Å²) in [6, 6.07) is 2.07. The third-order valence-electron chi connectivity index (χ3n) is 4.73. The molecular formula is C18H27N5O. The van der Waals surface area contributed by atoms with Crippen molar-refractivity contribution in [2.45, 2.75) is 33.1 Å². The second-order valence-corrected chi connectivity index (χ2v) is 6.77. The minimum absolute atomic E-state index is 0.313. The van der Waals surface area contributed by atoms with Crippen LogP contribution >= 0.6 is 0 Å². The lowest BCUT2D eigenvalue weighted by Crippen LogP contribution is -2.37. The summed E-state index contributed by atoms with van der Waals surface area (Å²) in [5.74, 6) is 1.33. The first-order valence-corrected chi connectivity index (χ1v) is 8.83. The van der Waals surface area contributed by atoms with Crippen LogP contribution in [0.3, 0.4) is 0 Å². The van der Waals surface area contributed by atoms with E-state index in [1.165, 1.54) is 6.42 Å². The number of nitrogens with zero attached hydrogens (tertiary/aromatic N) is 4. The molecule has 0 aromatic carbocycles. The van der Waals surface area contributed by atoms with Crippen LogP contribution in [0.25, 0.3) is 11.0 Å². The van der Waals surface area contributed by atoms with Gasteiger partial charge in [0.15, 0.2) is 5.65 Å². The molecule has 2 N–H and O–H groups in total. The zero-order valence-electron chi connectivity index (χ0n) is 14.6. The number of aliphatic hydroxyl groups excluding tert-OH is 1. The molecule has 130 valence electrons. The molecule has 2 aromatic heterocycles. The molecule has 24 heavy (non-hydrogen) atoms. The van der Waals surface area contributed by atoms with E-state index in [4.69, 9.17) is 0 Å². The summed E-state index contributed by atoms with van der Waals surface area (Å²) in [6.45, 7) is 8.48. The number of pyridine rings is 1. The predicted molar refractivity (Wildman–Crippen MR) is 96.2 cm³/mol. The minimum Gasteiger partial charge on any atom is -0.396 e. The molecule has 0 aliphatic carbocycles. The van der Waals surface area contributed by atoms with Crippen molar-refractivity contribution in [3.63, 3.8) is 0 Å². The van der Waals surface area contributed by atoms with Gasteiger partial charge < -0.3 is 15.3 Å². The highest BCUT2D eigenvalue weighted by atomic mass is 16.3. The van der Waals surface area contributed by atoms with E-state index in [9.17, 15) is 5.11 Å². The topological polar surface area (TPSA) is 74.2 Å². The number of hydrogen-bond donors (Lipinski definition) is 2. The van der Waals surface area contributed by atoms with Crippen molar-refractivity contribution in [3.05, 3.63) is 23.7 Å². The average molecular weight is 329 g/mol. The zero-order valence-corrected chi connectivity index (χ0v) is 14.6. The molecule has 6 heteroatoms. The van der Waals surface area contributed by atoms with Crippen molar-refractivity contribution in [1.82, 2.24) is 19.9 Å². The summed E-state index contributed by atoms with van der Waals surface area (Å²) in [6.07, 6.45) is 4.98. The molecule has 0 spiro atoms. The third kappa shape index (κ3) is 3.99. The summed E-state index contributed by atoms with van der Waals surface area (Å²) < 4.78 is 0. The maximum absolute atomic E-state index is 9.32. The Balaban J connectivity index is 1.56. The average Bonchev–Trinajstić information content (AvgIpc) is 2.58. The number of aromatic nitrogens is 3. The van der Waals surface area contributed by atoms with E-state index in [1.54, 1.807) is 6.33 Å². The second-order valence-electron chi connectivity index (χ2n) is 6.77. The lowest BCUT2D eigenvalue weighted by atomic mass is 9.99. The maximum atomic E-state index is 9.32. The lowest BCUT2D eigenvalue weighted by molar-refractivity contribution is 0.120. The lowest BCUT2D eigenvalue weighted by Gasteiger charge is -2.31. The van der Waals surface area contributed by atoms with Crippen molar-refractivity contribution in [3.8, 4) is 0 Å².